The Balaban J connectivity index is 1.50. The molecule has 0 saturated heterocycles. The number of aliphatic imine (C=N–C) groups is 1. The predicted molar refractivity (Wildman–Crippen MR) is 118 cm³/mol. The predicted octanol–water partition coefficient (Wildman–Crippen LogP) is 2.24. The third-order valence-electron chi connectivity index (χ3n) is 5.49. The number of carbonyl (C=O) groups excluding carboxylic acids is 1. The zero-order valence-corrected chi connectivity index (χ0v) is 17.5. The molecule has 1 heterocycles. The Bertz CT molecular complexity index is 897. The van der Waals surface area contributed by atoms with Crippen molar-refractivity contribution < 1.29 is 19.4 Å². The molecule has 1 amide bonds. The Kier molecular flexibility index (Phi) is 6.84. The minimum atomic E-state index is -1.02. The van der Waals surface area contributed by atoms with Crippen molar-refractivity contribution in [3.8, 4) is 5.75 Å². The van der Waals surface area contributed by atoms with E-state index < -0.39 is 5.54 Å². The second-order valence-corrected chi connectivity index (χ2v) is 8.13. The van der Waals surface area contributed by atoms with E-state index in [4.69, 9.17) is 19.6 Å². The summed E-state index contributed by atoms with van der Waals surface area (Å²) in [5.74, 6) is 1.64. The van der Waals surface area contributed by atoms with Crippen LogP contribution in [-0.4, -0.2) is 48.8 Å². The normalized spacial score (nSPS) is 20.1. The van der Waals surface area contributed by atoms with Gasteiger partial charge in [-0.3, -0.25) is 10.2 Å². The van der Waals surface area contributed by atoms with E-state index in [1.807, 2.05) is 54.6 Å². The third kappa shape index (κ3) is 5.62. The minimum Gasteiger partial charge on any atom is -0.494 e. The number of nitrogens with zero attached hydrogens (tertiary/aromatic N) is 1. The number of amides is 1. The largest absolute Gasteiger partial charge is 0.494 e. The van der Waals surface area contributed by atoms with Gasteiger partial charge in [0.2, 0.25) is 5.90 Å². The first-order valence-electron chi connectivity index (χ1n) is 10.8. The molecular formula is C24H29N3O4. The number of ether oxygens (including phenoxy) is 2. The average Bonchev–Trinajstić information content (AvgIpc) is 3.52. The van der Waals surface area contributed by atoms with Crippen LogP contribution in [0.25, 0.3) is 0 Å². The molecule has 0 aromatic heterocycles. The highest BCUT2D eigenvalue weighted by molar-refractivity contribution is 6.00. The van der Waals surface area contributed by atoms with E-state index in [1.165, 1.54) is 12.8 Å². The van der Waals surface area contributed by atoms with Gasteiger partial charge >= 0.3 is 0 Å². The minimum absolute atomic E-state index is 0.101. The standard InChI is InChI=1S/C24H29N3O4/c28-13-4-14-30-21-11-9-20(10-12-21)22-26-24(17-31-22,15-18-5-2-1-3-6-18)23(29)27-25-16-19-7-8-19/h1-3,5-6,9-12,19,25,28H,4,7-8,13-17H2,(H,27,29)/t24-/m0/s1. The van der Waals surface area contributed by atoms with E-state index in [2.05, 4.69) is 10.9 Å². The zero-order chi connectivity index (χ0) is 21.5. The highest BCUT2D eigenvalue weighted by Gasteiger charge is 2.44. The number of hydrazine groups is 1. The van der Waals surface area contributed by atoms with E-state index in [0.29, 0.717) is 37.0 Å². The number of nitrogens with one attached hydrogen (secondary N) is 2. The maximum Gasteiger partial charge on any atom is 0.266 e. The van der Waals surface area contributed by atoms with E-state index in [9.17, 15) is 4.79 Å². The maximum absolute atomic E-state index is 13.2. The number of hydrogen-bond donors (Lipinski definition) is 3. The molecule has 0 radical (unpaired) electrons. The molecule has 0 bridgehead atoms. The van der Waals surface area contributed by atoms with Crippen LogP contribution in [0.4, 0.5) is 0 Å². The first kappa shape index (κ1) is 21.3. The summed E-state index contributed by atoms with van der Waals surface area (Å²) >= 11 is 0. The smallest absolute Gasteiger partial charge is 0.266 e. The molecule has 1 aliphatic heterocycles. The fourth-order valence-electron chi connectivity index (χ4n) is 3.48. The van der Waals surface area contributed by atoms with E-state index in [-0.39, 0.29) is 19.1 Å². The van der Waals surface area contributed by atoms with Crippen LogP contribution in [0.15, 0.2) is 59.6 Å². The molecule has 31 heavy (non-hydrogen) atoms. The van der Waals surface area contributed by atoms with Crippen LogP contribution in [0, 0.1) is 5.92 Å². The average molecular weight is 424 g/mol. The molecule has 2 aromatic carbocycles. The van der Waals surface area contributed by atoms with Crippen molar-refractivity contribution >= 4 is 11.8 Å². The van der Waals surface area contributed by atoms with Gasteiger partial charge in [-0.1, -0.05) is 30.3 Å². The second kappa shape index (κ2) is 9.94. The molecule has 2 aliphatic rings. The van der Waals surface area contributed by atoms with Gasteiger partial charge in [-0.05, 0) is 48.6 Å². The lowest BCUT2D eigenvalue weighted by Gasteiger charge is -2.23. The molecule has 0 unspecified atom stereocenters. The highest BCUT2D eigenvalue weighted by Crippen LogP contribution is 2.29. The lowest BCUT2D eigenvalue weighted by Crippen LogP contribution is -2.53. The van der Waals surface area contributed by atoms with Gasteiger partial charge in [0, 0.05) is 31.6 Å². The van der Waals surface area contributed by atoms with Crippen molar-refractivity contribution in [3.05, 3.63) is 65.7 Å². The van der Waals surface area contributed by atoms with Gasteiger partial charge < -0.3 is 14.6 Å². The van der Waals surface area contributed by atoms with Crippen molar-refractivity contribution in [2.24, 2.45) is 10.9 Å². The fraction of sp³-hybridized carbons (Fsp3) is 0.417. The Hall–Kier alpha value is -2.90. The number of aliphatic hydroxyl groups is 1. The van der Waals surface area contributed by atoms with Crippen LogP contribution in [0.5, 0.6) is 5.75 Å². The van der Waals surface area contributed by atoms with E-state index in [0.717, 1.165) is 17.7 Å². The monoisotopic (exact) mass is 423 g/mol. The summed E-state index contributed by atoms with van der Waals surface area (Å²) in [6, 6.07) is 17.3. The number of aliphatic hydroxyl groups excluding tert-OH is 1. The lowest BCUT2D eigenvalue weighted by molar-refractivity contribution is -0.127. The Morgan fingerprint density at radius 1 is 1.16 bits per heavy atom. The second-order valence-electron chi connectivity index (χ2n) is 8.13. The Labute approximate surface area is 182 Å². The van der Waals surface area contributed by atoms with E-state index in [1.54, 1.807) is 0 Å². The van der Waals surface area contributed by atoms with Crippen molar-refractivity contribution in [1.82, 2.24) is 10.9 Å². The molecular weight excluding hydrogens is 394 g/mol. The molecule has 7 heteroatoms. The summed E-state index contributed by atoms with van der Waals surface area (Å²) in [6.45, 7) is 1.52. The van der Waals surface area contributed by atoms with E-state index >= 15 is 0 Å². The lowest BCUT2D eigenvalue weighted by atomic mass is 9.91. The fourth-order valence-corrected chi connectivity index (χ4v) is 3.48. The van der Waals surface area contributed by atoms with Crippen LogP contribution >= 0.6 is 0 Å². The van der Waals surface area contributed by atoms with Gasteiger partial charge in [0.25, 0.3) is 5.91 Å². The van der Waals surface area contributed by atoms with Gasteiger partial charge in [0.05, 0.1) is 6.61 Å². The SMILES string of the molecule is O=C(NNCC1CC1)[C@]1(Cc2ccccc2)COC(c2ccc(OCCCO)cc2)=N1. The molecule has 4 rings (SSSR count). The number of benzene rings is 2. The molecule has 0 spiro atoms. The van der Waals surface area contributed by atoms with Crippen molar-refractivity contribution in [3.63, 3.8) is 0 Å². The van der Waals surface area contributed by atoms with Gasteiger partial charge in [0.1, 0.15) is 12.4 Å². The summed E-state index contributed by atoms with van der Waals surface area (Å²) in [5, 5.41) is 8.87. The molecule has 1 aliphatic carbocycles. The van der Waals surface area contributed by atoms with Crippen LogP contribution in [-0.2, 0) is 16.0 Å². The third-order valence-corrected chi connectivity index (χ3v) is 5.49. The number of hydrogen-bond acceptors (Lipinski definition) is 6. The maximum atomic E-state index is 13.2. The van der Waals surface area contributed by atoms with Crippen LogP contribution in [0.3, 0.4) is 0 Å². The summed E-state index contributed by atoms with van der Waals surface area (Å²) in [6.07, 6.45) is 3.46. The Morgan fingerprint density at radius 3 is 2.65 bits per heavy atom. The van der Waals surface area contributed by atoms with Crippen molar-refractivity contribution in [1.29, 1.82) is 0 Å². The summed E-state index contributed by atoms with van der Waals surface area (Å²) in [5.41, 5.74) is 6.71. The number of rotatable bonds is 11. The summed E-state index contributed by atoms with van der Waals surface area (Å²) < 4.78 is 11.5. The van der Waals surface area contributed by atoms with Gasteiger partial charge in [-0.2, -0.15) is 0 Å². The summed E-state index contributed by atoms with van der Waals surface area (Å²) in [7, 11) is 0. The zero-order valence-electron chi connectivity index (χ0n) is 17.5. The number of carbonyl (C=O) groups is 1. The Morgan fingerprint density at radius 2 is 1.94 bits per heavy atom. The van der Waals surface area contributed by atoms with Crippen LogP contribution in [0.2, 0.25) is 0 Å². The van der Waals surface area contributed by atoms with Crippen molar-refractivity contribution in [2.45, 2.75) is 31.2 Å². The van der Waals surface area contributed by atoms with Crippen molar-refractivity contribution in [2.75, 3.05) is 26.4 Å². The molecule has 1 fully saturated rings. The first-order valence-corrected chi connectivity index (χ1v) is 10.8. The molecule has 2 aromatic rings. The van der Waals surface area contributed by atoms with Gasteiger partial charge in [0.15, 0.2) is 5.54 Å². The molecule has 3 N–H and O–H groups in total. The first-order chi connectivity index (χ1) is 15.2. The molecule has 7 nitrogen and oxygen atoms in total. The molecule has 164 valence electrons. The molecule has 1 atom stereocenters. The van der Waals surface area contributed by atoms with Crippen LogP contribution in [0.1, 0.15) is 30.4 Å². The van der Waals surface area contributed by atoms with Crippen LogP contribution < -0.4 is 15.6 Å². The summed E-state index contributed by atoms with van der Waals surface area (Å²) in [4.78, 5) is 17.9. The molecule has 1 saturated carbocycles. The van der Waals surface area contributed by atoms with Gasteiger partial charge in [-0.25, -0.2) is 10.4 Å². The highest BCUT2D eigenvalue weighted by atomic mass is 16.5. The topological polar surface area (TPSA) is 92.2 Å². The van der Waals surface area contributed by atoms with Gasteiger partial charge in [-0.15, -0.1) is 0 Å². The quantitative estimate of drug-likeness (QED) is 0.381.